The Hall–Kier alpha value is -4.14. The van der Waals surface area contributed by atoms with Crippen molar-refractivity contribution in [3.05, 3.63) is 127 Å². The van der Waals surface area contributed by atoms with Crippen LogP contribution in [0.5, 0.6) is 0 Å². The maximum atomic E-state index is 2.42. The standard InChI is InChI=1S/C32H21NS/c1-2-13-25(14-3-1)33(26-19-18-22-10-4-5-11-23(22)20-26)29-21-24-12-6-7-15-27(24)32-31(29)28-16-8-9-17-30(28)34-32/h1-21H. The normalized spacial score (nSPS) is 11.5. The highest BCUT2D eigenvalue weighted by molar-refractivity contribution is 7.26. The van der Waals surface area contributed by atoms with Gasteiger partial charge in [0.2, 0.25) is 0 Å². The molecule has 1 nitrogen and oxygen atoms in total. The Morgan fingerprint density at radius 1 is 0.471 bits per heavy atom. The van der Waals surface area contributed by atoms with E-state index in [9.17, 15) is 0 Å². The van der Waals surface area contributed by atoms with Crippen molar-refractivity contribution in [3.8, 4) is 0 Å². The van der Waals surface area contributed by atoms with Crippen molar-refractivity contribution in [1.29, 1.82) is 0 Å². The van der Waals surface area contributed by atoms with E-state index in [1.54, 1.807) is 0 Å². The lowest BCUT2D eigenvalue weighted by atomic mass is 10.0. The van der Waals surface area contributed by atoms with E-state index in [4.69, 9.17) is 0 Å². The molecule has 0 amide bonds. The molecule has 6 aromatic carbocycles. The fourth-order valence-corrected chi connectivity index (χ4v) is 6.29. The van der Waals surface area contributed by atoms with Gasteiger partial charge in [0.25, 0.3) is 0 Å². The number of benzene rings is 6. The van der Waals surface area contributed by atoms with Crippen molar-refractivity contribution in [2.45, 2.75) is 0 Å². The van der Waals surface area contributed by atoms with Crippen LogP contribution in [0.2, 0.25) is 0 Å². The Labute approximate surface area is 202 Å². The number of anilines is 3. The number of rotatable bonds is 3. The molecule has 7 aromatic rings. The van der Waals surface area contributed by atoms with Crippen LogP contribution < -0.4 is 4.90 Å². The molecule has 0 unspecified atom stereocenters. The van der Waals surface area contributed by atoms with E-state index >= 15 is 0 Å². The molecular weight excluding hydrogens is 430 g/mol. The number of hydrogen-bond donors (Lipinski definition) is 0. The van der Waals surface area contributed by atoms with E-state index in [1.165, 1.54) is 47.4 Å². The van der Waals surface area contributed by atoms with E-state index < -0.39 is 0 Å². The molecule has 2 heteroatoms. The largest absolute Gasteiger partial charge is 0.310 e. The van der Waals surface area contributed by atoms with Crippen LogP contribution in [0, 0.1) is 0 Å². The molecule has 0 atom stereocenters. The fourth-order valence-electron chi connectivity index (χ4n) is 5.04. The molecule has 0 saturated carbocycles. The predicted molar refractivity (Wildman–Crippen MR) is 149 cm³/mol. The smallest absolute Gasteiger partial charge is 0.0561 e. The summed E-state index contributed by atoms with van der Waals surface area (Å²) in [5.74, 6) is 0. The van der Waals surface area contributed by atoms with Gasteiger partial charge < -0.3 is 4.90 Å². The Morgan fingerprint density at radius 2 is 1.15 bits per heavy atom. The summed E-state index contributed by atoms with van der Waals surface area (Å²) in [6, 6.07) is 46.0. The summed E-state index contributed by atoms with van der Waals surface area (Å²) in [6.07, 6.45) is 0. The van der Waals surface area contributed by atoms with Gasteiger partial charge in [0.15, 0.2) is 0 Å². The first-order valence-corrected chi connectivity index (χ1v) is 12.4. The average Bonchev–Trinajstić information content (AvgIpc) is 3.30. The van der Waals surface area contributed by atoms with Gasteiger partial charge in [0, 0.05) is 31.5 Å². The van der Waals surface area contributed by atoms with E-state index in [0.717, 1.165) is 11.4 Å². The number of para-hydroxylation sites is 1. The Morgan fingerprint density at radius 3 is 2.00 bits per heavy atom. The summed E-state index contributed by atoms with van der Waals surface area (Å²) in [5.41, 5.74) is 3.54. The summed E-state index contributed by atoms with van der Waals surface area (Å²) < 4.78 is 2.66. The molecule has 1 aromatic heterocycles. The molecule has 7 rings (SSSR count). The zero-order chi connectivity index (χ0) is 22.5. The highest BCUT2D eigenvalue weighted by Gasteiger charge is 2.20. The van der Waals surface area contributed by atoms with Crippen LogP contribution in [0.4, 0.5) is 17.1 Å². The monoisotopic (exact) mass is 451 g/mol. The topological polar surface area (TPSA) is 3.24 Å². The molecule has 0 aliphatic carbocycles. The summed E-state index contributed by atoms with van der Waals surface area (Å²) in [4.78, 5) is 2.42. The lowest BCUT2D eigenvalue weighted by Gasteiger charge is -2.27. The SMILES string of the molecule is c1ccc(N(c2ccc3ccccc3c2)c2cc3ccccc3c3sc4ccccc4c23)cc1. The van der Waals surface area contributed by atoms with Gasteiger partial charge in [-0.1, -0.05) is 91.0 Å². The van der Waals surface area contributed by atoms with Gasteiger partial charge in [-0.15, -0.1) is 11.3 Å². The highest BCUT2D eigenvalue weighted by Crippen LogP contribution is 2.48. The molecule has 0 aliphatic rings. The van der Waals surface area contributed by atoms with Crippen LogP contribution >= 0.6 is 11.3 Å². The molecule has 1 heterocycles. The van der Waals surface area contributed by atoms with Gasteiger partial charge in [0.05, 0.1) is 5.69 Å². The van der Waals surface area contributed by atoms with Crippen LogP contribution in [0.3, 0.4) is 0 Å². The molecule has 0 radical (unpaired) electrons. The fraction of sp³-hybridized carbons (Fsp3) is 0. The van der Waals surface area contributed by atoms with Gasteiger partial charge in [-0.2, -0.15) is 0 Å². The molecule has 0 fully saturated rings. The minimum absolute atomic E-state index is 1.16. The van der Waals surface area contributed by atoms with Gasteiger partial charge in [-0.3, -0.25) is 0 Å². The number of fused-ring (bicyclic) bond motifs is 6. The Bertz CT molecular complexity index is 1810. The number of hydrogen-bond acceptors (Lipinski definition) is 2. The van der Waals surface area contributed by atoms with E-state index in [0.29, 0.717) is 0 Å². The van der Waals surface area contributed by atoms with Gasteiger partial charge in [0.1, 0.15) is 0 Å². The second kappa shape index (κ2) is 7.72. The third-order valence-corrected chi connectivity index (χ3v) is 7.80. The van der Waals surface area contributed by atoms with Crippen LogP contribution in [0.1, 0.15) is 0 Å². The van der Waals surface area contributed by atoms with Gasteiger partial charge in [-0.05, 0) is 57.9 Å². The summed E-state index contributed by atoms with van der Waals surface area (Å²) >= 11 is 1.89. The first-order valence-electron chi connectivity index (χ1n) is 11.5. The molecule has 34 heavy (non-hydrogen) atoms. The first-order chi connectivity index (χ1) is 16.9. The predicted octanol–water partition coefficient (Wildman–Crippen LogP) is 9.83. The molecule has 0 aliphatic heterocycles. The van der Waals surface area contributed by atoms with E-state index in [2.05, 4.69) is 132 Å². The van der Waals surface area contributed by atoms with Gasteiger partial charge in [-0.25, -0.2) is 0 Å². The van der Waals surface area contributed by atoms with Crippen molar-refractivity contribution in [2.75, 3.05) is 4.90 Å². The van der Waals surface area contributed by atoms with Crippen LogP contribution in [-0.4, -0.2) is 0 Å². The number of thiophene rings is 1. The zero-order valence-corrected chi connectivity index (χ0v) is 19.3. The average molecular weight is 452 g/mol. The minimum Gasteiger partial charge on any atom is -0.310 e. The van der Waals surface area contributed by atoms with Gasteiger partial charge >= 0.3 is 0 Å². The molecule has 0 saturated heterocycles. The third-order valence-electron chi connectivity index (χ3n) is 6.60. The second-order valence-electron chi connectivity index (χ2n) is 8.62. The van der Waals surface area contributed by atoms with Crippen LogP contribution in [0.25, 0.3) is 41.7 Å². The molecule has 0 N–H and O–H groups in total. The number of nitrogens with zero attached hydrogens (tertiary/aromatic N) is 1. The highest BCUT2D eigenvalue weighted by atomic mass is 32.1. The summed E-state index contributed by atoms with van der Waals surface area (Å²) in [7, 11) is 0. The van der Waals surface area contributed by atoms with Crippen molar-refractivity contribution >= 4 is 70.1 Å². The Kier molecular flexibility index (Phi) is 4.39. The van der Waals surface area contributed by atoms with Crippen LogP contribution in [-0.2, 0) is 0 Å². The van der Waals surface area contributed by atoms with E-state index in [-0.39, 0.29) is 0 Å². The van der Waals surface area contributed by atoms with Crippen molar-refractivity contribution in [1.82, 2.24) is 0 Å². The van der Waals surface area contributed by atoms with Crippen molar-refractivity contribution in [3.63, 3.8) is 0 Å². The van der Waals surface area contributed by atoms with E-state index in [1.807, 2.05) is 11.3 Å². The second-order valence-corrected chi connectivity index (χ2v) is 9.67. The van der Waals surface area contributed by atoms with Crippen molar-refractivity contribution < 1.29 is 0 Å². The quantitative estimate of drug-likeness (QED) is 0.258. The molecule has 160 valence electrons. The minimum atomic E-state index is 1.16. The lowest BCUT2D eigenvalue weighted by molar-refractivity contribution is 1.31. The summed E-state index contributed by atoms with van der Waals surface area (Å²) in [5, 5.41) is 7.70. The first kappa shape index (κ1) is 19.3. The van der Waals surface area contributed by atoms with Crippen LogP contribution in [0.15, 0.2) is 127 Å². The Balaban J connectivity index is 1.62. The molecule has 0 bridgehead atoms. The maximum absolute atomic E-state index is 2.42. The third kappa shape index (κ3) is 3.00. The summed E-state index contributed by atoms with van der Waals surface area (Å²) in [6.45, 7) is 0. The molecule has 0 spiro atoms. The zero-order valence-electron chi connectivity index (χ0n) is 18.5. The van der Waals surface area contributed by atoms with Crippen molar-refractivity contribution in [2.24, 2.45) is 0 Å². The maximum Gasteiger partial charge on any atom is 0.0561 e. The molecular formula is C32H21NS. The lowest BCUT2D eigenvalue weighted by Crippen LogP contribution is -2.10.